The second-order valence-electron chi connectivity index (χ2n) is 5.16. The van der Waals surface area contributed by atoms with Crippen LogP contribution in [0, 0.1) is 0 Å². The van der Waals surface area contributed by atoms with Crippen LogP contribution >= 0.6 is 0 Å². The zero-order chi connectivity index (χ0) is 11.5. The maximum atomic E-state index is 6.14. The number of epoxide rings is 1. The van der Waals surface area contributed by atoms with Crippen molar-refractivity contribution in [1.82, 2.24) is 0 Å². The predicted octanol–water partition coefficient (Wildman–Crippen LogP) is 2.00. The fourth-order valence-corrected chi connectivity index (χ4v) is 7.77. The highest BCUT2D eigenvalue weighted by Crippen LogP contribution is 2.24. The van der Waals surface area contributed by atoms with Crippen molar-refractivity contribution in [3.63, 3.8) is 0 Å². The Bertz CT molecular complexity index is 193. The number of ether oxygens (including phenoxy) is 2. The monoisotopic (exact) mass is 248 g/mol. The SMILES string of the molecule is C[C@H](COC[C@@H]1CO1)[Si](C)(C)O[SiH](C)C. The first-order valence-electron chi connectivity index (χ1n) is 5.79. The van der Waals surface area contributed by atoms with Crippen molar-refractivity contribution in [2.45, 2.75) is 44.8 Å². The van der Waals surface area contributed by atoms with Crippen LogP contribution < -0.4 is 0 Å². The molecule has 1 saturated heterocycles. The van der Waals surface area contributed by atoms with Crippen LogP contribution in [0.15, 0.2) is 0 Å². The van der Waals surface area contributed by atoms with Crippen LogP contribution in [-0.4, -0.2) is 43.3 Å². The first kappa shape index (κ1) is 13.4. The van der Waals surface area contributed by atoms with Crippen LogP contribution in [0.3, 0.4) is 0 Å². The average Bonchev–Trinajstić information content (AvgIpc) is 2.85. The van der Waals surface area contributed by atoms with Crippen LogP contribution in [-0.2, 0) is 13.6 Å². The highest BCUT2D eigenvalue weighted by molar-refractivity contribution is 6.78. The Morgan fingerprint density at radius 2 is 2.07 bits per heavy atom. The van der Waals surface area contributed by atoms with Gasteiger partial charge in [0, 0.05) is 6.61 Å². The highest BCUT2D eigenvalue weighted by Gasteiger charge is 2.31. The van der Waals surface area contributed by atoms with Crippen molar-refractivity contribution in [3.05, 3.63) is 0 Å². The summed E-state index contributed by atoms with van der Waals surface area (Å²) in [6.45, 7) is 13.8. The van der Waals surface area contributed by atoms with Crippen LogP contribution in [0.5, 0.6) is 0 Å². The van der Waals surface area contributed by atoms with Gasteiger partial charge in [0.15, 0.2) is 17.4 Å². The molecule has 1 rings (SSSR count). The van der Waals surface area contributed by atoms with E-state index in [9.17, 15) is 0 Å². The Hall–Kier alpha value is 0.314. The third-order valence-corrected chi connectivity index (χ3v) is 9.66. The lowest BCUT2D eigenvalue weighted by Crippen LogP contribution is -2.41. The van der Waals surface area contributed by atoms with E-state index in [1.165, 1.54) is 0 Å². The summed E-state index contributed by atoms with van der Waals surface area (Å²) in [7, 11) is -2.44. The van der Waals surface area contributed by atoms with Crippen molar-refractivity contribution in [2.75, 3.05) is 19.8 Å². The summed E-state index contributed by atoms with van der Waals surface area (Å²) in [5.74, 6) is 0. The van der Waals surface area contributed by atoms with E-state index in [4.69, 9.17) is 13.6 Å². The highest BCUT2D eigenvalue weighted by atomic mass is 28.4. The normalized spacial score (nSPS) is 23.2. The Kier molecular flexibility index (Phi) is 4.98. The fraction of sp³-hybridized carbons (Fsp3) is 1.00. The molecule has 5 heteroatoms. The zero-order valence-corrected chi connectivity index (χ0v) is 12.7. The zero-order valence-electron chi connectivity index (χ0n) is 10.6. The molecule has 0 aromatic carbocycles. The van der Waals surface area contributed by atoms with Gasteiger partial charge in [0.05, 0.1) is 13.2 Å². The molecule has 0 radical (unpaired) electrons. The van der Waals surface area contributed by atoms with Crippen LogP contribution in [0.2, 0.25) is 31.7 Å². The van der Waals surface area contributed by atoms with Gasteiger partial charge in [-0.05, 0) is 31.7 Å². The van der Waals surface area contributed by atoms with E-state index in [0.717, 1.165) is 19.8 Å². The summed E-state index contributed by atoms with van der Waals surface area (Å²) < 4.78 is 16.9. The molecule has 1 aliphatic heterocycles. The Balaban J connectivity index is 2.19. The molecule has 1 heterocycles. The lowest BCUT2D eigenvalue weighted by Gasteiger charge is -2.31. The number of hydrogen-bond acceptors (Lipinski definition) is 3. The lowest BCUT2D eigenvalue weighted by molar-refractivity contribution is 0.114. The van der Waals surface area contributed by atoms with Gasteiger partial charge in [-0.2, -0.15) is 0 Å². The Labute approximate surface area is 96.0 Å². The van der Waals surface area contributed by atoms with Crippen molar-refractivity contribution < 1.29 is 13.6 Å². The van der Waals surface area contributed by atoms with Gasteiger partial charge in [0.1, 0.15) is 6.10 Å². The molecule has 2 atom stereocenters. The van der Waals surface area contributed by atoms with E-state index in [-0.39, 0.29) is 0 Å². The smallest absolute Gasteiger partial charge is 0.178 e. The van der Waals surface area contributed by atoms with Crippen LogP contribution in [0.25, 0.3) is 0 Å². The molecule has 0 aromatic heterocycles. The van der Waals surface area contributed by atoms with Crippen molar-refractivity contribution in [1.29, 1.82) is 0 Å². The van der Waals surface area contributed by atoms with Gasteiger partial charge in [-0.25, -0.2) is 0 Å². The van der Waals surface area contributed by atoms with Crippen LogP contribution in [0.1, 0.15) is 6.92 Å². The van der Waals surface area contributed by atoms with Crippen molar-refractivity contribution in [3.8, 4) is 0 Å². The minimum absolute atomic E-state index is 0.377. The molecule has 1 fully saturated rings. The van der Waals surface area contributed by atoms with Crippen LogP contribution in [0.4, 0.5) is 0 Å². The summed E-state index contributed by atoms with van der Waals surface area (Å²) in [6, 6.07) is 0. The van der Waals surface area contributed by atoms with Gasteiger partial charge in [-0.15, -0.1) is 0 Å². The van der Waals surface area contributed by atoms with E-state index < -0.39 is 17.4 Å². The molecule has 0 spiro atoms. The van der Waals surface area contributed by atoms with Crippen molar-refractivity contribution in [2.24, 2.45) is 0 Å². The Morgan fingerprint density at radius 1 is 1.47 bits per heavy atom. The minimum Gasteiger partial charge on any atom is -0.458 e. The third kappa shape index (κ3) is 5.26. The fourth-order valence-electron chi connectivity index (χ4n) is 1.46. The van der Waals surface area contributed by atoms with Gasteiger partial charge in [-0.3, -0.25) is 0 Å². The largest absolute Gasteiger partial charge is 0.458 e. The third-order valence-electron chi connectivity index (χ3n) is 2.80. The summed E-state index contributed by atoms with van der Waals surface area (Å²) >= 11 is 0. The molecule has 0 unspecified atom stereocenters. The second-order valence-corrected chi connectivity index (χ2v) is 12.4. The first-order chi connectivity index (χ1) is 6.92. The molecule has 3 nitrogen and oxygen atoms in total. The molecule has 15 heavy (non-hydrogen) atoms. The molecule has 0 aromatic rings. The number of hydrogen-bond donors (Lipinski definition) is 0. The molecular formula is C10H24O3Si2. The van der Waals surface area contributed by atoms with E-state index in [2.05, 4.69) is 33.1 Å². The van der Waals surface area contributed by atoms with E-state index in [1.54, 1.807) is 0 Å². The lowest BCUT2D eigenvalue weighted by atomic mass is 10.5. The van der Waals surface area contributed by atoms with Gasteiger partial charge in [0.25, 0.3) is 0 Å². The molecule has 0 saturated carbocycles. The van der Waals surface area contributed by atoms with Gasteiger partial charge >= 0.3 is 0 Å². The maximum absolute atomic E-state index is 6.14. The van der Waals surface area contributed by atoms with E-state index in [1.807, 2.05) is 0 Å². The molecule has 0 N–H and O–H groups in total. The number of rotatable bonds is 7. The summed E-state index contributed by atoms with van der Waals surface area (Å²) in [4.78, 5) is 0. The average molecular weight is 248 g/mol. The quantitative estimate of drug-likeness (QED) is 0.510. The molecule has 90 valence electrons. The van der Waals surface area contributed by atoms with E-state index in [0.29, 0.717) is 11.6 Å². The topological polar surface area (TPSA) is 31.0 Å². The molecular weight excluding hydrogens is 224 g/mol. The molecule has 0 bridgehead atoms. The van der Waals surface area contributed by atoms with Gasteiger partial charge in [-0.1, -0.05) is 6.92 Å². The molecule has 0 aliphatic carbocycles. The summed E-state index contributed by atoms with van der Waals surface area (Å²) in [6.07, 6.45) is 0.377. The Morgan fingerprint density at radius 3 is 2.53 bits per heavy atom. The standard InChI is InChI=1S/C10H24O3Si2/c1-9(6-11-7-10-8-12-10)15(4,5)13-14(2)3/h9-10,14H,6-8H2,1-5H3/t9-,10-/m1/s1. The minimum atomic E-state index is -1.53. The summed E-state index contributed by atoms with van der Waals surface area (Å²) in [5, 5.41) is 0. The molecule has 0 amide bonds. The van der Waals surface area contributed by atoms with E-state index >= 15 is 0 Å². The summed E-state index contributed by atoms with van der Waals surface area (Å²) in [5.41, 5.74) is 0.561. The first-order valence-corrected chi connectivity index (χ1v) is 11.6. The predicted molar refractivity (Wildman–Crippen MR) is 67.4 cm³/mol. The second kappa shape index (κ2) is 5.59. The van der Waals surface area contributed by atoms with Crippen molar-refractivity contribution >= 4 is 17.4 Å². The maximum Gasteiger partial charge on any atom is 0.178 e. The van der Waals surface area contributed by atoms with Gasteiger partial charge in [0.2, 0.25) is 0 Å². The van der Waals surface area contributed by atoms with Gasteiger partial charge < -0.3 is 13.6 Å². The molecule has 1 aliphatic rings.